The van der Waals surface area contributed by atoms with Crippen LogP contribution in [0.25, 0.3) is 0 Å². The molecule has 0 spiro atoms. The monoisotopic (exact) mass is 386 g/mol. The van der Waals surface area contributed by atoms with Crippen LogP contribution in [-0.4, -0.2) is 43.5 Å². The molecule has 0 saturated heterocycles. The number of hydrogen-bond donors (Lipinski definition) is 3. The zero-order chi connectivity index (χ0) is 19.9. The van der Waals surface area contributed by atoms with E-state index in [9.17, 15) is 9.59 Å². The number of benzene rings is 2. The number of esters is 1. The Hall–Kier alpha value is -3.26. The number of carbonyl (C=O) groups is 2. The quantitative estimate of drug-likeness (QED) is 0.595. The van der Waals surface area contributed by atoms with Crippen molar-refractivity contribution in [2.75, 3.05) is 31.9 Å². The number of aliphatic hydroxyl groups is 1. The molecule has 28 heavy (non-hydrogen) atoms. The van der Waals surface area contributed by atoms with Crippen molar-refractivity contribution >= 4 is 17.6 Å². The predicted octanol–water partition coefficient (Wildman–Crippen LogP) is 1.85. The van der Waals surface area contributed by atoms with Crippen LogP contribution < -0.4 is 20.1 Å². The molecule has 0 aromatic heterocycles. The van der Waals surface area contributed by atoms with Gasteiger partial charge in [-0.3, -0.25) is 4.79 Å². The lowest BCUT2D eigenvalue weighted by Gasteiger charge is -2.15. The number of ether oxygens (including phenoxy) is 3. The van der Waals surface area contributed by atoms with Crippen molar-refractivity contribution in [2.24, 2.45) is 0 Å². The van der Waals surface area contributed by atoms with Gasteiger partial charge in [-0.25, -0.2) is 4.79 Å². The molecule has 2 aromatic carbocycles. The third-order valence-electron chi connectivity index (χ3n) is 4.17. The van der Waals surface area contributed by atoms with Gasteiger partial charge in [-0.15, -0.1) is 0 Å². The first-order valence-electron chi connectivity index (χ1n) is 8.87. The molecule has 0 bridgehead atoms. The summed E-state index contributed by atoms with van der Waals surface area (Å²) in [6.07, 6.45) is 0. The van der Waals surface area contributed by atoms with E-state index in [-0.39, 0.29) is 26.0 Å². The third kappa shape index (κ3) is 4.92. The minimum atomic E-state index is -0.584. The highest BCUT2D eigenvalue weighted by Gasteiger charge is 2.17. The SMILES string of the molecule is CC(NC(=O)COC(=O)c1ccc(NCCO)cc1)c1ccc2c(c1)OCO2. The molecule has 3 rings (SSSR count). The lowest BCUT2D eigenvalue weighted by atomic mass is 10.1. The second-order valence-electron chi connectivity index (χ2n) is 6.21. The van der Waals surface area contributed by atoms with Gasteiger partial charge >= 0.3 is 5.97 Å². The molecule has 1 aliphatic rings. The third-order valence-corrected chi connectivity index (χ3v) is 4.17. The molecule has 1 amide bonds. The Morgan fingerprint density at radius 2 is 1.89 bits per heavy atom. The first-order chi connectivity index (χ1) is 13.6. The van der Waals surface area contributed by atoms with Crippen LogP contribution in [0.1, 0.15) is 28.9 Å². The summed E-state index contributed by atoms with van der Waals surface area (Å²) in [6, 6.07) is 11.8. The van der Waals surface area contributed by atoms with E-state index in [4.69, 9.17) is 19.3 Å². The van der Waals surface area contributed by atoms with Gasteiger partial charge < -0.3 is 30.0 Å². The van der Waals surface area contributed by atoms with Gasteiger partial charge in [0.25, 0.3) is 5.91 Å². The maximum atomic E-state index is 12.1. The van der Waals surface area contributed by atoms with Crippen LogP contribution in [0.4, 0.5) is 5.69 Å². The van der Waals surface area contributed by atoms with E-state index in [1.165, 1.54) is 0 Å². The molecule has 148 valence electrons. The number of amides is 1. The predicted molar refractivity (Wildman–Crippen MR) is 101 cm³/mol. The minimum absolute atomic E-state index is 0.0174. The van der Waals surface area contributed by atoms with Crippen LogP contribution in [0.15, 0.2) is 42.5 Å². The number of anilines is 1. The van der Waals surface area contributed by atoms with Gasteiger partial charge in [-0.2, -0.15) is 0 Å². The van der Waals surface area contributed by atoms with Gasteiger partial charge in [-0.05, 0) is 48.9 Å². The zero-order valence-corrected chi connectivity index (χ0v) is 15.4. The lowest BCUT2D eigenvalue weighted by molar-refractivity contribution is -0.124. The molecule has 0 radical (unpaired) electrons. The second-order valence-corrected chi connectivity index (χ2v) is 6.21. The van der Waals surface area contributed by atoms with Crippen LogP contribution in [0, 0.1) is 0 Å². The van der Waals surface area contributed by atoms with Crippen LogP contribution in [0.2, 0.25) is 0 Å². The highest BCUT2D eigenvalue weighted by molar-refractivity contribution is 5.91. The van der Waals surface area contributed by atoms with E-state index >= 15 is 0 Å². The highest BCUT2D eigenvalue weighted by Crippen LogP contribution is 2.34. The summed E-state index contributed by atoms with van der Waals surface area (Å²) in [5, 5.41) is 14.5. The van der Waals surface area contributed by atoms with Gasteiger partial charge in [0.2, 0.25) is 6.79 Å². The highest BCUT2D eigenvalue weighted by atomic mass is 16.7. The van der Waals surface area contributed by atoms with Gasteiger partial charge in [-0.1, -0.05) is 6.07 Å². The summed E-state index contributed by atoms with van der Waals surface area (Å²) in [5.41, 5.74) is 1.97. The summed E-state index contributed by atoms with van der Waals surface area (Å²) in [7, 11) is 0. The van der Waals surface area contributed by atoms with Crippen molar-refractivity contribution in [1.29, 1.82) is 0 Å². The summed E-state index contributed by atoms with van der Waals surface area (Å²) < 4.78 is 15.7. The number of hydrogen-bond acceptors (Lipinski definition) is 7. The molecule has 2 aromatic rings. The summed E-state index contributed by atoms with van der Waals surface area (Å²) in [5.74, 6) is 0.329. The van der Waals surface area contributed by atoms with Crippen LogP contribution >= 0.6 is 0 Å². The molecule has 8 heteroatoms. The van der Waals surface area contributed by atoms with E-state index in [0.717, 1.165) is 11.3 Å². The zero-order valence-electron chi connectivity index (χ0n) is 15.4. The molecule has 0 aliphatic carbocycles. The number of nitrogens with one attached hydrogen (secondary N) is 2. The Bertz CT molecular complexity index is 837. The van der Waals surface area contributed by atoms with Crippen LogP contribution in [0.5, 0.6) is 11.5 Å². The van der Waals surface area contributed by atoms with Gasteiger partial charge in [0.05, 0.1) is 18.2 Å². The first kappa shape index (κ1) is 19.5. The molecule has 1 heterocycles. The van der Waals surface area contributed by atoms with Gasteiger partial charge in [0, 0.05) is 12.2 Å². The van der Waals surface area contributed by atoms with Crippen LogP contribution in [0.3, 0.4) is 0 Å². The number of fused-ring (bicyclic) bond motifs is 1. The topological polar surface area (TPSA) is 106 Å². The average molecular weight is 386 g/mol. The van der Waals surface area contributed by atoms with E-state index in [0.29, 0.717) is 23.6 Å². The number of carbonyl (C=O) groups excluding carboxylic acids is 2. The van der Waals surface area contributed by atoms with E-state index < -0.39 is 11.9 Å². The van der Waals surface area contributed by atoms with Crippen molar-refractivity contribution in [2.45, 2.75) is 13.0 Å². The fourth-order valence-corrected chi connectivity index (χ4v) is 2.69. The standard InChI is InChI=1S/C20H22N2O6/c1-13(15-4-7-17-18(10-15)28-12-27-17)22-19(24)11-26-20(25)14-2-5-16(6-3-14)21-8-9-23/h2-7,10,13,21,23H,8-9,11-12H2,1H3,(H,22,24). The van der Waals surface area contributed by atoms with Gasteiger partial charge in [0.1, 0.15) is 0 Å². The largest absolute Gasteiger partial charge is 0.454 e. The van der Waals surface area contributed by atoms with Crippen molar-refractivity contribution in [3.05, 3.63) is 53.6 Å². The Balaban J connectivity index is 1.47. The van der Waals surface area contributed by atoms with Crippen molar-refractivity contribution in [3.8, 4) is 11.5 Å². The summed E-state index contributed by atoms with van der Waals surface area (Å²) >= 11 is 0. The maximum absolute atomic E-state index is 12.1. The van der Waals surface area contributed by atoms with Crippen molar-refractivity contribution in [3.63, 3.8) is 0 Å². The Kier molecular flexibility index (Phi) is 6.33. The minimum Gasteiger partial charge on any atom is -0.454 e. The number of rotatable bonds is 8. The molecule has 1 aliphatic heterocycles. The fraction of sp³-hybridized carbons (Fsp3) is 0.300. The molecule has 0 fully saturated rings. The Labute approximate surface area is 162 Å². The molecule has 8 nitrogen and oxygen atoms in total. The normalized spacial score (nSPS) is 12.9. The van der Waals surface area contributed by atoms with Crippen molar-refractivity contribution < 1.29 is 28.9 Å². The maximum Gasteiger partial charge on any atom is 0.338 e. The molecule has 1 atom stereocenters. The molecular weight excluding hydrogens is 364 g/mol. The lowest BCUT2D eigenvalue weighted by Crippen LogP contribution is -2.31. The fourth-order valence-electron chi connectivity index (χ4n) is 2.69. The first-order valence-corrected chi connectivity index (χ1v) is 8.87. The Morgan fingerprint density at radius 3 is 2.64 bits per heavy atom. The molecule has 3 N–H and O–H groups in total. The number of aliphatic hydroxyl groups excluding tert-OH is 1. The van der Waals surface area contributed by atoms with E-state index in [1.54, 1.807) is 30.3 Å². The van der Waals surface area contributed by atoms with E-state index in [1.807, 2.05) is 19.1 Å². The summed E-state index contributed by atoms with van der Waals surface area (Å²) in [6.45, 7) is 2.08. The van der Waals surface area contributed by atoms with Crippen LogP contribution in [-0.2, 0) is 9.53 Å². The van der Waals surface area contributed by atoms with E-state index in [2.05, 4.69) is 10.6 Å². The average Bonchev–Trinajstić information content (AvgIpc) is 3.18. The van der Waals surface area contributed by atoms with Crippen molar-refractivity contribution in [1.82, 2.24) is 5.32 Å². The second kappa shape index (κ2) is 9.09. The molecular formula is C20H22N2O6. The Morgan fingerprint density at radius 1 is 1.14 bits per heavy atom. The molecule has 0 saturated carbocycles. The van der Waals surface area contributed by atoms with Gasteiger partial charge in [0.15, 0.2) is 18.1 Å². The summed E-state index contributed by atoms with van der Waals surface area (Å²) in [4.78, 5) is 24.2. The molecule has 1 unspecified atom stereocenters. The smallest absolute Gasteiger partial charge is 0.338 e.